The van der Waals surface area contributed by atoms with Gasteiger partial charge in [-0.1, -0.05) is 43.6 Å². The van der Waals surface area contributed by atoms with Crippen LogP contribution < -0.4 is 0 Å². The number of ketones is 2. The van der Waals surface area contributed by atoms with Crippen molar-refractivity contribution in [1.82, 2.24) is 4.90 Å². The number of nitrogens with zero attached hydrogens (tertiary/aromatic N) is 1. The molecule has 3 aliphatic rings. The Morgan fingerprint density at radius 2 is 1.48 bits per heavy atom. The molecule has 33 heavy (non-hydrogen) atoms. The summed E-state index contributed by atoms with van der Waals surface area (Å²) in [7, 11) is 1.67. The fourth-order valence-electron chi connectivity index (χ4n) is 5.62. The van der Waals surface area contributed by atoms with Gasteiger partial charge < -0.3 is 14.7 Å². The molecule has 4 rings (SSSR count). The van der Waals surface area contributed by atoms with Gasteiger partial charge in [0.15, 0.2) is 11.6 Å². The Bertz CT molecular complexity index is 1050. The van der Waals surface area contributed by atoms with Crippen LogP contribution in [0.5, 0.6) is 5.75 Å². The van der Waals surface area contributed by atoms with Gasteiger partial charge in [-0.2, -0.15) is 0 Å². The largest absolute Gasteiger partial charge is 0.506 e. The molecule has 1 heterocycles. The zero-order chi connectivity index (χ0) is 24.3. The Kier molecular flexibility index (Phi) is 6.47. The summed E-state index contributed by atoms with van der Waals surface area (Å²) < 4.78 is 6.73. The van der Waals surface area contributed by atoms with Crippen molar-refractivity contribution in [3.63, 3.8) is 0 Å². The third-order valence-corrected chi connectivity index (χ3v) is 7.97. The Morgan fingerprint density at radius 3 is 1.97 bits per heavy atom. The van der Waals surface area contributed by atoms with Crippen molar-refractivity contribution in [3.05, 3.63) is 49.2 Å². The van der Waals surface area contributed by atoms with Gasteiger partial charge in [-0.3, -0.25) is 9.59 Å². The molecule has 178 valence electrons. The average molecular weight is 581 g/mol. The molecule has 0 spiro atoms. The van der Waals surface area contributed by atoms with Gasteiger partial charge in [0.25, 0.3) is 0 Å². The van der Waals surface area contributed by atoms with Crippen LogP contribution in [0.3, 0.4) is 0 Å². The van der Waals surface area contributed by atoms with E-state index in [1.165, 1.54) is 0 Å². The highest BCUT2D eigenvalue weighted by molar-refractivity contribution is 9.11. The summed E-state index contributed by atoms with van der Waals surface area (Å²) in [5.41, 5.74) is 3.46. The summed E-state index contributed by atoms with van der Waals surface area (Å²) in [6.45, 7) is 9.55. The molecule has 1 aromatic carbocycles. The molecule has 2 aliphatic carbocycles. The van der Waals surface area contributed by atoms with Gasteiger partial charge in [0, 0.05) is 65.0 Å². The fraction of sp³-hybridized carbons (Fsp3) is 0.538. The van der Waals surface area contributed by atoms with Gasteiger partial charge in [-0.15, -0.1) is 0 Å². The molecule has 0 fully saturated rings. The first-order valence-electron chi connectivity index (χ1n) is 11.3. The second-order valence-corrected chi connectivity index (χ2v) is 12.8. The van der Waals surface area contributed by atoms with Crippen LogP contribution >= 0.6 is 31.9 Å². The standard InChI is InChI=1S/C26H31Br2NO4/c1-25(2)10-17-22(19(30)12-25)21(15-8-14(27)9-16(28)24(15)32)23-18(29(17)6-7-33-5)11-26(3,4)13-20(23)31/h8-9,21,32H,6-7,10-13H2,1-5H3. The summed E-state index contributed by atoms with van der Waals surface area (Å²) in [4.78, 5) is 29.6. The van der Waals surface area contributed by atoms with Crippen LogP contribution in [0, 0.1) is 10.8 Å². The van der Waals surface area contributed by atoms with Gasteiger partial charge in [0.2, 0.25) is 0 Å². The monoisotopic (exact) mass is 579 g/mol. The number of carbonyl (C=O) groups is 2. The number of phenolic OH excluding ortho intramolecular Hbond substituents is 1. The van der Waals surface area contributed by atoms with Gasteiger partial charge in [0.05, 0.1) is 11.1 Å². The Labute approximate surface area is 212 Å². The number of hydrogen-bond donors (Lipinski definition) is 1. The molecule has 0 radical (unpaired) electrons. The van der Waals surface area contributed by atoms with E-state index >= 15 is 0 Å². The molecule has 0 aromatic heterocycles. The second kappa shape index (κ2) is 8.65. The predicted molar refractivity (Wildman–Crippen MR) is 135 cm³/mol. The van der Waals surface area contributed by atoms with Crippen LogP contribution in [0.1, 0.15) is 64.9 Å². The van der Waals surface area contributed by atoms with Gasteiger partial charge in [0.1, 0.15) is 5.75 Å². The van der Waals surface area contributed by atoms with Crippen molar-refractivity contribution in [2.45, 2.75) is 59.3 Å². The third-order valence-electron chi connectivity index (χ3n) is 6.91. The topological polar surface area (TPSA) is 66.8 Å². The highest BCUT2D eigenvalue weighted by Crippen LogP contribution is 2.56. The van der Waals surface area contributed by atoms with E-state index in [9.17, 15) is 14.7 Å². The smallest absolute Gasteiger partial charge is 0.162 e. The number of allylic oxidation sites excluding steroid dienone is 4. The van der Waals surface area contributed by atoms with E-state index in [1.807, 2.05) is 6.07 Å². The molecule has 0 saturated heterocycles. The fourth-order valence-corrected chi connectivity index (χ4v) is 6.88. The minimum absolute atomic E-state index is 0.0494. The molecule has 1 aromatic rings. The molecule has 0 saturated carbocycles. The van der Waals surface area contributed by atoms with E-state index in [4.69, 9.17) is 4.74 Å². The van der Waals surface area contributed by atoms with E-state index in [1.54, 1.807) is 13.2 Å². The lowest BCUT2D eigenvalue weighted by Crippen LogP contribution is -2.45. The van der Waals surface area contributed by atoms with Crippen LogP contribution in [-0.4, -0.2) is 41.8 Å². The number of methoxy groups -OCH3 is 1. The molecule has 1 N–H and O–H groups in total. The van der Waals surface area contributed by atoms with E-state index in [-0.39, 0.29) is 28.1 Å². The minimum Gasteiger partial charge on any atom is -0.506 e. The highest BCUT2D eigenvalue weighted by Gasteiger charge is 2.49. The Hall–Kier alpha value is -1.44. The predicted octanol–water partition coefficient (Wildman–Crippen LogP) is 6.25. The maximum absolute atomic E-state index is 13.7. The van der Waals surface area contributed by atoms with E-state index in [0.29, 0.717) is 47.2 Å². The SMILES string of the molecule is COCCN1C2=C(C(=O)CC(C)(C)C2)C(c2cc(Br)cc(Br)c2O)C2=C1CC(C)(C)CC2=O. The van der Waals surface area contributed by atoms with Crippen molar-refractivity contribution in [2.24, 2.45) is 10.8 Å². The number of halogens is 2. The number of hydrogen-bond acceptors (Lipinski definition) is 5. The number of phenols is 1. The summed E-state index contributed by atoms with van der Waals surface area (Å²) in [5.74, 6) is -0.404. The van der Waals surface area contributed by atoms with Crippen LogP contribution in [0.25, 0.3) is 0 Å². The maximum atomic E-state index is 13.7. The lowest BCUT2D eigenvalue weighted by Gasteiger charge is -2.49. The van der Waals surface area contributed by atoms with Crippen molar-refractivity contribution < 1.29 is 19.4 Å². The van der Waals surface area contributed by atoms with Crippen LogP contribution in [0.2, 0.25) is 0 Å². The number of rotatable bonds is 4. The van der Waals surface area contributed by atoms with Gasteiger partial charge in [-0.05, 0) is 51.7 Å². The summed E-state index contributed by atoms with van der Waals surface area (Å²) in [6, 6.07) is 3.61. The number of carbonyl (C=O) groups excluding carboxylic acids is 2. The average Bonchev–Trinajstić information content (AvgIpc) is 2.67. The van der Waals surface area contributed by atoms with E-state index in [2.05, 4.69) is 64.5 Å². The van der Waals surface area contributed by atoms with E-state index < -0.39 is 5.92 Å². The van der Waals surface area contributed by atoms with Gasteiger partial charge in [-0.25, -0.2) is 0 Å². The van der Waals surface area contributed by atoms with E-state index in [0.717, 1.165) is 28.7 Å². The molecule has 1 aliphatic heterocycles. The normalized spacial score (nSPS) is 22.6. The lowest BCUT2D eigenvalue weighted by atomic mass is 9.63. The third kappa shape index (κ3) is 4.48. The molecule has 5 nitrogen and oxygen atoms in total. The molecule has 0 amide bonds. The number of ether oxygens (including phenoxy) is 1. The first-order chi connectivity index (χ1) is 15.3. The second-order valence-electron chi connectivity index (χ2n) is 11.0. The molecule has 7 heteroatoms. The van der Waals surface area contributed by atoms with Gasteiger partial charge >= 0.3 is 0 Å². The van der Waals surface area contributed by atoms with Crippen LogP contribution in [0.15, 0.2) is 43.6 Å². The first kappa shape index (κ1) is 24.7. The first-order valence-corrected chi connectivity index (χ1v) is 12.9. The maximum Gasteiger partial charge on any atom is 0.162 e. The molecule has 0 atom stereocenters. The summed E-state index contributed by atoms with van der Waals surface area (Å²) >= 11 is 6.98. The van der Waals surface area contributed by atoms with Crippen molar-refractivity contribution in [2.75, 3.05) is 20.3 Å². The zero-order valence-corrected chi connectivity index (χ0v) is 23.0. The molecular weight excluding hydrogens is 550 g/mol. The number of benzene rings is 1. The highest BCUT2D eigenvalue weighted by atomic mass is 79.9. The lowest BCUT2D eigenvalue weighted by molar-refractivity contribution is -0.119. The quantitative estimate of drug-likeness (QED) is 0.456. The molecule has 0 unspecified atom stereocenters. The molecule has 0 bridgehead atoms. The number of aromatic hydroxyl groups is 1. The number of Topliss-reactive ketones (excluding diaryl/α,β-unsaturated/α-hetero) is 2. The Balaban J connectivity index is 2.04. The van der Waals surface area contributed by atoms with Crippen LogP contribution in [-0.2, 0) is 14.3 Å². The zero-order valence-electron chi connectivity index (χ0n) is 19.8. The molecular formula is C26H31Br2NO4. The van der Waals surface area contributed by atoms with Crippen molar-refractivity contribution in [1.29, 1.82) is 0 Å². The van der Waals surface area contributed by atoms with Crippen molar-refractivity contribution in [3.8, 4) is 5.75 Å². The summed E-state index contributed by atoms with van der Waals surface area (Å²) in [6.07, 6.45) is 2.29. The Morgan fingerprint density at radius 1 is 0.970 bits per heavy atom. The minimum atomic E-state index is -0.574. The van der Waals surface area contributed by atoms with Crippen molar-refractivity contribution >= 4 is 43.4 Å². The summed E-state index contributed by atoms with van der Waals surface area (Å²) in [5, 5.41) is 11.1. The van der Waals surface area contributed by atoms with Crippen LogP contribution in [0.4, 0.5) is 0 Å².